The Bertz CT molecular complexity index is 539. The highest BCUT2D eigenvalue weighted by atomic mass is 16.4. The molecule has 2 aromatic rings. The highest BCUT2D eigenvalue weighted by Gasteiger charge is 2.30. The topological polar surface area (TPSA) is 49.3 Å². The van der Waals surface area contributed by atoms with Gasteiger partial charge in [0.05, 0.1) is 0 Å². The van der Waals surface area contributed by atoms with Gasteiger partial charge in [0.1, 0.15) is 5.92 Å². The van der Waals surface area contributed by atoms with Crippen LogP contribution >= 0.6 is 0 Å². The highest BCUT2D eigenvalue weighted by Crippen LogP contribution is 2.31. The Balaban J connectivity index is 2.41. The van der Waals surface area contributed by atoms with Crippen molar-refractivity contribution in [1.29, 1.82) is 0 Å². The van der Waals surface area contributed by atoms with Crippen molar-refractivity contribution in [3.8, 4) is 0 Å². The maximum atomic E-state index is 11.7. The molecule has 0 aliphatic rings. The number of benzene rings is 2. The van der Waals surface area contributed by atoms with E-state index in [4.69, 9.17) is 0 Å². The quantitative estimate of drug-likeness (QED) is 0.846. The maximum Gasteiger partial charge on any atom is 0.312 e. The van der Waals surface area contributed by atoms with Gasteiger partial charge in [0.25, 0.3) is 0 Å². The number of hydrogen-bond donors (Lipinski definition) is 2. The molecule has 3 heteroatoms. The van der Waals surface area contributed by atoms with Gasteiger partial charge in [0.15, 0.2) is 0 Å². The van der Waals surface area contributed by atoms with Gasteiger partial charge in [-0.3, -0.25) is 4.79 Å². The van der Waals surface area contributed by atoms with E-state index in [9.17, 15) is 9.90 Å². The lowest BCUT2D eigenvalue weighted by atomic mass is 9.87. The number of carboxylic acids is 1. The average Bonchev–Trinajstić information content (AvgIpc) is 2.48. The summed E-state index contributed by atoms with van der Waals surface area (Å²) in [7, 11) is 0. The summed E-state index contributed by atoms with van der Waals surface area (Å²) >= 11 is 0. The zero-order valence-electron chi connectivity index (χ0n) is 11.5. The first kappa shape index (κ1) is 14.3. The first-order valence-electron chi connectivity index (χ1n) is 6.80. The fourth-order valence-electron chi connectivity index (χ4n) is 2.45. The molecule has 104 valence electrons. The summed E-state index contributed by atoms with van der Waals surface area (Å²) in [5, 5.41) is 12.9. The van der Waals surface area contributed by atoms with Crippen LogP contribution in [0.25, 0.3) is 0 Å². The molecule has 3 nitrogen and oxygen atoms in total. The maximum absolute atomic E-state index is 11.7. The van der Waals surface area contributed by atoms with Crippen molar-refractivity contribution >= 4 is 5.97 Å². The van der Waals surface area contributed by atoms with Crippen LogP contribution < -0.4 is 5.32 Å². The molecule has 2 N–H and O–H groups in total. The summed E-state index contributed by atoms with van der Waals surface area (Å²) in [6.45, 7) is 2.70. The van der Waals surface area contributed by atoms with Crippen molar-refractivity contribution in [2.75, 3.05) is 6.54 Å². The minimum Gasteiger partial charge on any atom is -0.481 e. The number of aliphatic carboxylic acids is 1. The second kappa shape index (κ2) is 6.87. The number of likely N-dealkylation sites (N-methyl/N-ethyl adjacent to an activating group) is 1. The van der Waals surface area contributed by atoms with Crippen LogP contribution in [-0.4, -0.2) is 17.6 Å². The minimum absolute atomic E-state index is 0.235. The average molecular weight is 269 g/mol. The SMILES string of the molecule is CCNC(c1ccccc1)C(C(=O)O)c1ccccc1. The van der Waals surface area contributed by atoms with E-state index in [-0.39, 0.29) is 6.04 Å². The molecule has 0 heterocycles. The van der Waals surface area contributed by atoms with Crippen LogP contribution in [0.4, 0.5) is 0 Å². The second-order valence-corrected chi connectivity index (χ2v) is 4.67. The van der Waals surface area contributed by atoms with Crippen LogP contribution in [0.3, 0.4) is 0 Å². The molecule has 2 atom stereocenters. The molecule has 0 radical (unpaired) electrons. The molecule has 0 aliphatic carbocycles. The van der Waals surface area contributed by atoms with E-state index in [1.807, 2.05) is 67.6 Å². The molecule has 0 bridgehead atoms. The third kappa shape index (κ3) is 3.25. The van der Waals surface area contributed by atoms with E-state index in [0.29, 0.717) is 0 Å². The molecule has 0 saturated heterocycles. The van der Waals surface area contributed by atoms with Gasteiger partial charge in [0.2, 0.25) is 0 Å². The zero-order valence-corrected chi connectivity index (χ0v) is 11.5. The normalized spacial score (nSPS) is 13.7. The Labute approximate surface area is 119 Å². The minimum atomic E-state index is -0.814. The molecule has 2 unspecified atom stereocenters. The van der Waals surface area contributed by atoms with Gasteiger partial charge in [-0.15, -0.1) is 0 Å². The van der Waals surface area contributed by atoms with E-state index in [1.54, 1.807) is 0 Å². The summed E-state index contributed by atoms with van der Waals surface area (Å²) in [6.07, 6.45) is 0. The molecule has 0 fully saturated rings. The predicted molar refractivity (Wildman–Crippen MR) is 79.7 cm³/mol. The van der Waals surface area contributed by atoms with E-state index in [2.05, 4.69) is 5.32 Å². The van der Waals surface area contributed by atoms with Crippen LogP contribution in [0, 0.1) is 0 Å². The van der Waals surface area contributed by atoms with E-state index in [1.165, 1.54) is 0 Å². The van der Waals surface area contributed by atoms with Gasteiger partial charge >= 0.3 is 5.97 Å². The predicted octanol–water partition coefficient (Wildman–Crippen LogP) is 3.21. The van der Waals surface area contributed by atoms with E-state index >= 15 is 0 Å². The van der Waals surface area contributed by atoms with Crippen LogP contribution in [0.1, 0.15) is 30.0 Å². The number of carboxylic acid groups (broad SMARTS) is 1. The van der Waals surface area contributed by atoms with Crippen LogP contribution in [0.2, 0.25) is 0 Å². The number of carbonyl (C=O) groups is 1. The molecule has 0 aliphatic heterocycles. The lowest BCUT2D eigenvalue weighted by molar-refractivity contribution is -0.139. The zero-order chi connectivity index (χ0) is 14.4. The number of hydrogen-bond acceptors (Lipinski definition) is 2. The highest BCUT2D eigenvalue weighted by molar-refractivity contribution is 5.77. The molecule has 20 heavy (non-hydrogen) atoms. The van der Waals surface area contributed by atoms with Crippen molar-refractivity contribution in [2.24, 2.45) is 0 Å². The van der Waals surface area contributed by atoms with Crippen molar-refractivity contribution < 1.29 is 9.90 Å². The van der Waals surface area contributed by atoms with Gasteiger partial charge in [-0.1, -0.05) is 67.6 Å². The number of nitrogens with one attached hydrogen (secondary N) is 1. The van der Waals surface area contributed by atoms with Crippen LogP contribution in [0.15, 0.2) is 60.7 Å². The molecule has 0 saturated carbocycles. The summed E-state index contributed by atoms with van der Waals surface area (Å²) < 4.78 is 0. The summed E-state index contributed by atoms with van der Waals surface area (Å²) in [5.74, 6) is -1.41. The van der Waals surface area contributed by atoms with E-state index < -0.39 is 11.9 Å². The van der Waals surface area contributed by atoms with Crippen LogP contribution in [0.5, 0.6) is 0 Å². The number of rotatable bonds is 6. The van der Waals surface area contributed by atoms with Crippen LogP contribution in [-0.2, 0) is 4.79 Å². The summed E-state index contributed by atoms with van der Waals surface area (Å²) in [4.78, 5) is 11.7. The Morgan fingerprint density at radius 1 is 1.00 bits per heavy atom. The van der Waals surface area contributed by atoms with Gasteiger partial charge in [-0.25, -0.2) is 0 Å². The largest absolute Gasteiger partial charge is 0.481 e. The van der Waals surface area contributed by atoms with Gasteiger partial charge in [-0.05, 0) is 17.7 Å². The first-order valence-corrected chi connectivity index (χ1v) is 6.80. The third-order valence-electron chi connectivity index (χ3n) is 3.34. The smallest absolute Gasteiger partial charge is 0.312 e. The fourth-order valence-corrected chi connectivity index (χ4v) is 2.45. The first-order chi connectivity index (χ1) is 9.74. The lowest BCUT2D eigenvalue weighted by Gasteiger charge is -2.25. The monoisotopic (exact) mass is 269 g/mol. The van der Waals surface area contributed by atoms with Crippen molar-refractivity contribution in [3.05, 3.63) is 71.8 Å². The molecule has 0 amide bonds. The molecule has 0 aromatic heterocycles. The Kier molecular flexibility index (Phi) is 4.91. The van der Waals surface area contributed by atoms with Crippen molar-refractivity contribution in [3.63, 3.8) is 0 Å². The molecule has 2 aromatic carbocycles. The van der Waals surface area contributed by atoms with Crippen molar-refractivity contribution in [2.45, 2.75) is 18.9 Å². The lowest BCUT2D eigenvalue weighted by Crippen LogP contribution is -2.31. The fraction of sp³-hybridized carbons (Fsp3) is 0.235. The standard InChI is InChI=1S/C17H19NO2/c1-2-18-16(14-11-7-4-8-12-14)15(17(19)20)13-9-5-3-6-10-13/h3-12,15-16,18H,2H2,1H3,(H,19,20). The molecule has 2 rings (SSSR count). The van der Waals surface area contributed by atoms with E-state index in [0.717, 1.165) is 17.7 Å². The van der Waals surface area contributed by atoms with Crippen molar-refractivity contribution in [1.82, 2.24) is 5.32 Å². The third-order valence-corrected chi connectivity index (χ3v) is 3.34. The molecular formula is C17H19NO2. The Morgan fingerprint density at radius 2 is 1.50 bits per heavy atom. The summed E-state index contributed by atoms with van der Waals surface area (Å²) in [6, 6.07) is 18.9. The van der Waals surface area contributed by atoms with Gasteiger partial charge in [-0.2, -0.15) is 0 Å². The second-order valence-electron chi connectivity index (χ2n) is 4.67. The Hall–Kier alpha value is -2.13. The summed E-state index contributed by atoms with van der Waals surface area (Å²) in [5.41, 5.74) is 1.81. The van der Waals surface area contributed by atoms with Gasteiger partial charge < -0.3 is 10.4 Å². The molecular weight excluding hydrogens is 250 g/mol. The Morgan fingerprint density at radius 3 is 1.95 bits per heavy atom. The molecule has 0 spiro atoms. The van der Waals surface area contributed by atoms with Gasteiger partial charge in [0, 0.05) is 6.04 Å².